The van der Waals surface area contributed by atoms with Crippen LogP contribution in [0.4, 0.5) is 10.3 Å². The van der Waals surface area contributed by atoms with Crippen molar-refractivity contribution in [3.8, 4) is 16.9 Å². The lowest BCUT2D eigenvalue weighted by atomic mass is 9.83. The van der Waals surface area contributed by atoms with E-state index in [4.69, 9.17) is 27.1 Å². The predicted octanol–water partition coefficient (Wildman–Crippen LogP) is 4.32. The van der Waals surface area contributed by atoms with Crippen LogP contribution in [-0.4, -0.2) is 38.0 Å². The van der Waals surface area contributed by atoms with Crippen LogP contribution in [-0.2, 0) is 0 Å². The first-order chi connectivity index (χ1) is 16.0. The molecular formula is C24H22ClFN6O. The van der Waals surface area contributed by atoms with Gasteiger partial charge in [0, 0.05) is 61.2 Å². The number of para-hydroxylation sites is 1. The first kappa shape index (κ1) is 20.4. The highest BCUT2D eigenvalue weighted by molar-refractivity contribution is 6.29. The number of anilines is 1. The van der Waals surface area contributed by atoms with Gasteiger partial charge in [-0.1, -0.05) is 29.8 Å². The maximum absolute atomic E-state index is 14.8. The van der Waals surface area contributed by atoms with E-state index in [1.165, 1.54) is 6.20 Å². The molecule has 1 aromatic carbocycles. The average molecular weight is 465 g/mol. The van der Waals surface area contributed by atoms with Crippen LogP contribution in [0.15, 0.2) is 48.9 Å². The molecule has 33 heavy (non-hydrogen) atoms. The first-order valence-corrected chi connectivity index (χ1v) is 11.3. The molecule has 6 rings (SSSR count). The minimum atomic E-state index is -0.575. The van der Waals surface area contributed by atoms with Crippen LogP contribution in [0.25, 0.3) is 16.8 Å². The predicted molar refractivity (Wildman–Crippen MR) is 124 cm³/mol. The number of imidazole rings is 1. The summed E-state index contributed by atoms with van der Waals surface area (Å²) in [6.07, 6.45) is 6.58. The molecule has 2 aliphatic rings. The number of aryl methyl sites for hydroxylation is 1. The largest absolute Gasteiger partial charge is 0.485 e. The number of aromatic nitrogens is 4. The molecule has 1 atom stereocenters. The molecule has 168 valence electrons. The zero-order valence-electron chi connectivity index (χ0n) is 18.0. The molecule has 0 amide bonds. The number of nitrogens with zero attached hydrogens (tertiary/aromatic N) is 5. The third kappa shape index (κ3) is 3.01. The Morgan fingerprint density at radius 2 is 1.94 bits per heavy atom. The van der Waals surface area contributed by atoms with Crippen molar-refractivity contribution in [2.24, 2.45) is 5.73 Å². The van der Waals surface area contributed by atoms with E-state index >= 15 is 0 Å². The quantitative estimate of drug-likeness (QED) is 0.445. The third-order valence-electron chi connectivity index (χ3n) is 6.85. The Morgan fingerprint density at radius 1 is 1.15 bits per heavy atom. The van der Waals surface area contributed by atoms with Gasteiger partial charge in [-0.2, -0.15) is 0 Å². The SMILES string of the molecule is Cc1nc(N2CCC3(CC2)Oc2ccccc2[C@H]3N)n2ccnc2c1-c1ccnc(Cl)c1F. The number of fused-ring (bicyclic) bond motifs is 2. The molecule has 5 heterocycles. The molecule has 2 N–H and O–H groups in total. The smallest absolute Gasteiger partial charge is 0.211 e. The Labute approximate surface area is 195 Å². The van der Waals surface area contributed by atoms with Gasteiger partial charge >= 0.3 is 0 Å². The van der Waals surface area contributed by atoms with Crippen LogP contribution in [0.2, 0.25) is 5.15 Å². The van der Waals surface area contributed by atoms with Crippen LogP contribution < -0.4 is 15.4 Å². The number of ether oxygens (including phenoxy) is 1. The summed E-state index contributed by atoms with van der Waals surface area (Å²) in [5, 5.41) is -0.170. The van der Waals surface area contributed by atoms with E-state index in [9.17, 15) is 4.39 Å². The number of halogens is 2. The van der Waals surface area contributed by atoms with Gasteiger partial charge in [-0.05, 0) is 19.1 Å². The first-order valence-electron chi connectivity index (χ1n) is 10.9. The lowest BCUT2D eigenvalue weighted by Gasteiger charge is -2.41. The number of pyridine rings is 1. The molecule has 9 heteroatoms. The van der Waals surface area contributed by atoms with E-state index in [1.54, 1.807) is 12.3 Å². The van der Waals surface area contributed by atoms with Crippen molar-refractivity contribution in [3.05, 3.63) is 71.2 Å². The Kier molecular flexibility index (Phi) is 4.57. The fourth-order valence-electron chi connectivity index (χ4n) is 5.12. The molecule has 7 nitrogen and oxygen atoms in total. The lowest BCUT2D eigenvalue weighted by molar-refractivity contribution is 0.0429. The van der Waals surface area contributed by atoms with Crippen LogP contribution in [0.1, 0.15) is 30.1 Å². The molecule has 0 bridgehead atoms. The van der Waals surface area contributed by atoms with Gasteiger partial charge in [0.05, 0.1) is 11.7 Å². The van der Waals surface area contributed by atoms with E-state index in [2.05, 4.69) is 14.9 Å². The minimum Gasteiger partial charge on any atom is -0.485 e. The van der Waals surface area contributed by atoms with E-state index in [0.717, 1.165) is 43.2 Å². The third-order valence-corrected chi connectivity index (χ3v) is 7.12. The Hall–Kier alpha value is -3.23. The van der Waals surface area contributed by atoms with E-state index in [0.29, 0.717) is 22.5 Å². The van der Waals surface area contributed by atoms with Gasteiger partial charge in [-0.15, -0.1) is 0 Å². The van der Waals surface area contributed by atoms with Crippen molar-refractivity contribution < 1.29 is 9.13 Å². The summed E-state index contributed by atoms with van der Waals surface area (Å²) < 4.78 is 23.1. The topological polar surface area (TPSA) is 81.6 Å². The highest BCUT2D eigenvalue weighted by Gasteiger charge is 2.48. The number of nitrogens with two attached hydrogens (primary N) is 1. The van der Waals surface area contributed by atoms with Crippen molar-refractivity contribution in [2.45, 2.75) is 31.4 Å². The second-order valence-electron chi connectivity index (χ2n) is 8.63. The number of rotatable bonds is 2. The van der Waals surface area contributed by atoms with Crippen LogP contribution >= 0.6 is 11.6 Å². The van der Waals surface area contributed by atoms with E-state index < -0.39 is 11.4 Å². The molecule has 1 saturated heterocycles. The zero-order valence-corrected chi connectivity index (χ0v) is 18.8. The Bertz CT molecular complexity index is 1380. The second-order valence-corrected chi connectivity index (χ2v) is 8.98. The number of piperidine rings is 1. The van der Waals surface area contributed by atoms with Crippen molar-refractivity contribution in [2.75, 3.05) is 18.0 Å². The van der Waals surface area contributed by atoms with E-state index in [-0.39, 0.29) is 11.2 Å². The number of benzene rings is 1. The van der Waals surface area contributed by atoms with Gasteiger partial charge in [0.1, 0.15) is 17.0 Å². The Morgan fingerprint density at radius 3 is 2.73 bits per heavy atom. The second kappa shape index (κ2) is 7.40. The summed E-state index contributed by atoms with van der Waals surface area (Å²) in [6.45, 7) is 3.33. The zero-order chi connectivity index (χ0) is 22.7. The highest BCUT2D eigenvalue weighted by atomic mass is 35.5. The van der Waals surface area contributed by atoms with Crippen LogP contribution in [0.5, 0.6) is 5.75 Å². The summed E-state index contributed by atoms with van der Waals surface area (Å²) in [4.78, 5) is 15.4. The van der Waals surface area contributed by atoms with E-state index in [1.807, 2.05) is 41.8 Å². The molecule has 1 fully saturated rings. The summed E-state index contributed by atoms with van der Waals surface area (Å²) in [5.41, 5.74) is 9.53. The van der Waals surface area contributed by atoms with Gasteiger partial charge in [-0.25, -0.2) is 19.3 Å². The minimum absolute atomic E-state index is 0.152. The molecule has 0 aliphatic carbocycles. The van der Waals surface area contributed by atoms with Crippen LogP contribution in [0, 0.1) is 12.7 Å². The number of hydrogen-bond acceptors (Lipinski definition) is 6. The summed E-state index contributed by atoms with van der Waals surface area (Å²) in [7, 11) is 0. The van der Waals surface area contributed by atoms with Crippen molar-refractivity contribution >= 4 is 23.2 Å². The molecule has 3 aromatic heterocycles. The van der Waals surface area contributed by atoms with Crippen molar-refractivity contribution in [1.82, 2.24) is 19.4 Å². The van der Waals surface area contributed by atoms with Gasteiger partial charge in [0.25, 0.3) is 0 Å². The molecule has 0 saturated carbocycles. The summed E-state index contributed by atoms with van der Waals surface area (Å²) in [6, 6.07) is 9.45. The fourth-order valence-corrected chi connectivity index (χ4v) is 5.27. The molecule has 1 spiro atoms. The molecular weight excluding hydrogens is 443 g/mol. The highest BCUT2D eigenvalue weighted by Crippen LogP contribution is 2.47. The van der Waals surface area contributed by atoms with Crippen molar-refractivity contribution in [3.63, 3.8) is 0 Å². The van der Waals surface area contributed by atoms with Gasteiger partial charge in [0.2, 0.25) is 5.95 Å². The number of hydrogen-bond donors (Lipinski definition) is 1. The molecule has 2 aliphatic heterocycles. The monoisotopic (exact) mass is 464 g/mol. The maximum atomic E-state index is 14.8. The maximum Gasteiger partial charge on any atom is 0.211 e. The van der Waals surface area contributed by atoms with Crippen molar-refractivity contribution in [1.29, 1.82) is 0 Å². The standard InChI is InChI=1S/C24H22ClFN6O/c1-14-18(16-6-9-28-21(25)19(16)26)22-29-10-13-32(22)23(30-14)31-11-7-24(8-12-31)20(27)15-4-2-3-5-17(15)33-24/h2-6,9-10,13,20H,7-8,11-12,27H2,1H3/t20-/m1/s1. The molecule has 4 aromatic rings. The molecule has 0 unspecified atom stereocenters. The fraction of sp³-hybridized carbons (Fsp3) is 0.292. The molecule has 0 radical (unpaired) electrons. The summed E-state index contributed by atoms with van der Waals surface area (Å²) >= 11 is 5.93. The summed E-state index contributed by atoms with van der Waals surface area (Å²) in [5.74, 6) is 1.07. The van der Waals surface area contributed by atoms with Gasteiger partial charge < -0.3 is 15.4 Å². The Balaban J connectivity index is 1.34. The van der Waals surface area contributed by atoms with Gasteiger partial charge in [0.15, 0.2) is 11.0 Å². The van der Waals surface area contributed by atoms with Gasteiger partial charge in [-0.3, -0.25) is 4.40 Å². The average Bonchev–Trinajstić information content (AvgIpc) is 3.40. The normalized spacial score (nSPS) is 19.2. The lowest BCUT2D eigenvalue weighted by Crippen LogP contribution is -2.52. The van der Waals surface area contributed by atoms with Crippen LogP contribution in [0.3, 0.4) is 0 Å².